The first-order chi connectivity index (χ1) is 8.08. The highest BCUT2D eigenvalue weighted by Crippen LogP contribution is 2.39. The zero-order valence-corrected chi connectivity index (χ0v) is 10.2. The van der Waals surface area contributed by atoms with E-state index in [4.69, 9.17) is 14.5 Å². The molecule has 1 aliphatic heterocycles. The van der Waals surface area contributed by atoms with E-state index in [2.05, 4.69) is 4.74 Å². The van der Waals surface area contributed by atoms with Crippen LogP contribution in [0, 0.1) is 0 Å². The molecular weight excluding hydrogens is 224 g/mol. The molecule has 0 aromatic rings. The largest absolute Gasteiger partial charge is 0.466 e. The minimum absolute atomic E-state index is 0.375. The lowest BCUT2D eigenvalue weighted by atomic mass is 10.1. The van der Waals surface area contributed by atoms with Crippen LogP contribution < -0.4 is 0 Å². The Morgan fingerprint density at radius 1 is 1.29 bits per heavy atom. The minimum Gasteiger partial charge on any atom is -0.466 e. The fourth-order valence-corrected chi connectivity index (χ4v) is 2.02. The summed E-state index contributed by atoms with van der Waals surface area (Å²) in [5.74, 6) is -0.977. The molecule has 1 aliphatic carbocycles. The third kappa shape index (κ3) is 2.86. The van der Waals surface area contributed by atoms with E-state index in [9.17, 15) is 4.79 Å². The van der Waals surface area contributed by atoms with Crippen LogP contribution >= 0.6 is 0 Å². The third-order valence-corrected chi connectivity index (χ3v) is 3.14. The van der Waals surface area contributed by atoms with Crippen LogP contribution in [0.4, 0.5) is 0 Å². The summed E-state index contributed by atoms with van der Waals surface area (Å²) in [6.07, 6.45) is 6.84. The molecule has 0 bridgehead atoms. The molecule has 96 valence electrons. The van der Waals surface area contributed by atoms with Gasteiger partial charge < -0.3 is 9.47 Å². The van der Waals surface area contributed by atoms with Gasteiger partial charge in [-0.1, -0.05) is 0 Å². The molecule has 1 atom stereocenters. The van der Waals surface area contributed by atoms with Gasteiger partial charge >= 0.3 is 5.97 Å². The number of rotatable bonds is 2. The second kappa shape index (κ2) is 4.76. The Morgan fingerprint density at radius 2 is 2.00 bits per heavy atom. The van der Waals surface area contributed by atoms with Crippen LogP contribution in [-0.2, 0) is 24.0 Å². The second-order valence-corrected chi connectivity index (χ2v) is 4.74. The quantitative estimate of drug-likeness (QED) is 0.419. The monoisotopic (exact) mass is 242 g/mol. The van der Waals surface area contributed by atoms with Gasteiger partial charge in [-0.2, -0.15) is 0 Å². The maximum atomic E-state index is 11.0. The van der Waals surface area contributed by atoms with Crippen molar-refractivity contribution in [2.75, 3.05) is 13.7 Å². The van der Waals surface area contributed by atoms with Crippen LogP contribution in [0.15, 0.2) is 12.2 Å². The van der Waals surface area contributed by atoms with Crippen LogP contribution in [0.3, 0.4) is 0 Å². The van der Waals surface area contributed by atoms with Gasteiger partial charge in [0.2, 0.25) is 5.79 Å². The molecule has 0 aromatic heterocycles. The van der Waals surface area contributed by atoms with Crippen molar-refractivity contribution >= 4 is 5.97 Å². The van der Waals surface area contributed by atoms with Crippen molar-refractivity contribution in [1.29, 1.82) is 0 Å². The van der Waals surface area contributed by atoms with E-state index in [-0.39, 0.29) is 0 Å². The van der Waals surface area contributed by atoms with Crippen LogP contribution in [0.2, 0.25) is 0 Å². The molecule has 5 nitrogen and oxygen atoms in total. The Hall–Kier alpha value is -0.910. The smallest absolute Gasteiger partial charge is 0.330 e. The van der Waals surface area contributed by atoms with Crippen molar-refractivity contribution < 1.29 is 24.0 Å². The Labute approximate surface area is 101 Å². The first kappa shape index (κ1) is 12.5. The highest BCUT2D eigenvalue weighted by Gasteiger charge is 2.45. The maximum Gasteiger partial charge on any atom is 0.330 e. The Morgan fingerprint density at radius 3 is 2.53 bits per heavy atom. The van der Waals surface area contributed by atoms with Crippen molar-refractivity contribution in [1.82, 2.24) is 0 Å². The van der Waals surface area contributed by atoms with Gasteiger partial charge in [0.05, 0.1) is 13.7 Å². The molecule has 17 heavy (non-hydrogen) atoms. The van der Waals surface area contributed by atoms with Crippen molar-refractivity contribution in [2.45, 2.75) is 44.0 Å². The van der Waals surface area contributed by atoms with E-state index in [0.717, 1.165) is 25.7 Å². The fraction of sp³-hybridized carbons (Fsp3) is 0.750. The number of hydrogen-bond donors (Lipinski definition) is 0. The molecule has 1 saturated heterocycles. The van der Waals surface area contributed by atoms with Crippen LogP contribution in [-0.4, -0.2) is 31.1 Å². The summed E-state index contributed by atoms with van der Waals surface area (Å²) in [5, 5.41) is 0. The molecule has 1 heterocycles. The first-order valence-corrected chi connectivity index (χ1v) is 5.86. The summed E-state index contributed by atoms with van der Waals surface area (Å²) in [7, 11) is 1.33. The first-order valence-electron chi connectivity index (χ1n) is 5.86. The average Bonchev–Trinajstić information content (AvgIpc) is 2.80. The number of esters is 1. The van der Waals surface area contributed by atoms with Crippen LogP contribution in [0.5, 0.6) is 0 Å². The van der Waals surface area contributed by atoms with Gasteiger partial charge in [0.1, 0.15) is 5.60 Å². The van der Waals surface area contributed by atoms with Gasteiger partial charge in [0.25, 0.3) is 0 Å². The number of carbonyl (C=O) groups is 1. The van der Waals surface area contributed by atoms with Gasteiger partial charge in [-0.25, -0.2) is 14.6 Å². The standard InChI is InChI=1S/C12H18O5/c1-11(8-5-10(13)14-2)9-15-12(17-16-11)6-3-4-7-12/h5,8H,3-4,6-7,9H2,1-2H3/b8-5+. The molecule has 0 N–H and O–H groups in total. The number of ether oxygens (including phenoxy) is 2. The summed E-state index contributed by atoms with van der Waals surface area (Å²) < 4.78 is 10.3. The SMILES string of the molecule is COC(=O)/C=C/C1(C)COC2(CCCC2)OO1. The second-order valence-electron chi connectivity index (χ2n) is 4.74. The summed E-state index contributed by atoms with van der Waals surface area (Å²) >= 11 is 0. The molecule has 2 rings (SSSR count). The summed E-state index contributed by atoms with van der Waals surface area (Å²) in [6.45, 7) is 2.18. The predicted octanol–water partition coefficient (Wildman–Crippen LogP) is 1.72. The molecule has 1 spiro atoms. The average molecular weight is 242 g/mol. The van der Waals surface area contributed by atoms with E-state index in [1.807, 2.05) is 0 Å². The zero-order valence-electron chi connectivity index (χ0n) is 10.2. The number of hydrogen-bond acceptors (Lipinski definition) is 5. The summed E-state index contributed by atoms with van der Waals surface area (Å²) in [5.41, 5.74) is -0.734. The normalized spacial score (nSPS) is 32.1. The van der Waals surface area contributed by atoms with Gasteiger partial charge in [0, 0.05) is 18.9 Å². The van der Waals surface area contributed by atoms with Crippen molar-refractivity contribution in [3.63, 3.8) is 0 Å². The van der Waals surface area contributed by atoms with Crippen LogP contribution in [0.25, 0.3) is 0 Å². The van der Waals surface area contributed by atoms with Crippen molar-refractivity contribution in [3.05, 3.63) is 12.2 Å². The van der Waals surface area contributed by atoms with Crippen molar-refractivity contribution in [2.24, 2.45) is 0 Å². The van der Waals surface area contributed by atoms with Crippen LogP contribution in [0.1, 0.15) is 32.6 Å². The maximum absolute atomic E-state index is 11.0. The fourth-order valence-electron chi connectivity index (χ4n) is 2.02. The molecule has 0 amide bonds. The van der Waals surface area contributed by atoms with E-state index in [1.54, 1.807) is 13.0 Å². The number of carbonyl (C=O) groups excluding carboxylic acids is 1. The highest BCUT2D eigenvalue weighted by molar-refractivity contribution is 5.81. The third-order valence-electron chi connectivity index (χ3n) is 3.14. The molecular formula is C12H18O5. The molecule has 2 fully saturated rings. The lowest BCUT2D eigenvalue weighted by Crippen LogP contribution is -2.48. The molecule has 1 unspecified atom stereocenters. The summed E-state index contributed by atoms with van der Waals surface area (Å²) in [4.78, 5) is 21.8. The molecule has 2 aliphatic rings. The topological polar surface area (TPSA) is 54.0 Å². The highest BCUT2D eigenvalue weighted by atomic mass is 17.2. The van der Waals surface area contributed by atoms with E-state index < -0.39 is 17.4 Å². The van der Waals surface area contributed by atoms with E-state index >= 15 is 0 Å². The molecule has 0 aromatic carbocycles. The predicted molar refractivity (Wildman–Crippen MR) is 58.9 cm³/mol. The Bertz CT molecular complexity index is 307. The van der Waals surface area contributed by atoms with Gasteiger partial charge in [0.15, 0.2) is 0 Å². The van der Waals surface area contributed by atoms with Gasteiger partial charge in [-0.3, -0.25) is 0 Å². The lowest BCUT2D eigenvalue weighted by Gasteiger charge is -2.40. The molecule has 1 saturated carbocycles. The summed E-state index contributed by atoms with van der Waals surface area (Å²) in [6, 6.07) is 0. The Balaban J connectivity index is 1.92. The van der Waals surface area contributed by atoms with Crippen molar-refractivity contribution in [3.8, 4) is 0 Å². The Kier molecular flexibility index (Phi) is 3.51. The zero-order chi connectivity index (χ0) is 12.4. The van der Waals surface area contributed by atoms with E-state index in [0.29, 0.717) is 6.61 Å². The number of methoxy groups -OCH3 is 1. The van der Waals surface area contributed by atoms with Gasteiger partial charge in [-0.15, -0.1) is 0 Å². The van der Waals surface area contributed by atoms with Gasteiger partial charge in [-0.05, 0) is 25.8 Å². The molecule has 0 radical (unpaired) electrons. The minimum atomic E-state index is -0.734. The van der Waals surface area contributed by atoms with E-state index in [1.165, 1.54) is 13.2 Å². The molecule has 5 heteroatoms. The lowest BCUT2D eigenvalue weighted by molar-refractivity contribution is -0.499.